The number of likely N-dealkylation sites (N-methyl/N-ethyl adjacent to an activating group) is 1. The van der Waals surface area contributed by atoms with Gasteiger partial charge in [0.1, 0.15) is 0 Å². The Morgan fingerprint density at radius 2 is 1.83 bits per heavy atom. The van der Waals surface area contributed by atoms with Crippen molar-refractivity contribution in [2.45, 2.75) is 25.9 Å². The van der Waals surface area contributed by atoms with Gasteiger partial charge in [0.25, 0.3) is 0 Å². The lowest BCUT2D eigenvalue weighted by atomic mass is 9.97. The van der Waals surface area contributed by atoms with Crippen LogP contribution in [0.1, 0.15) is 29.3 Å². The van der Waals surface area contributed by atoms with Crippen LogP contribution in [0.15, 0.2) is 48.5 Å². The van der Waals surface area contributed by atoms with Crippen LogP contribution >= 0.6 is 0 Å². The number of benzene rings is 2. The van der Waals surface area contributed by atoms with E-state index < -0.39 is 0 Å². The highest BCUT2D eigenvalue weighted by Gasteiger charge is 2.23. The lowest BCUT2D eigenvalue weighted by molar-refractivity contribution is 0.101. The molecule has 1 saturated heterocycles. The number of rotatable bonds is 5. The third kappa shape index (κ3) is 3.74. The summed E-state index contributed by atoms with van der Waals surface area (Å²) in [5.74, 6) is 0.112. The lowest BCUT2D eigenvalue weighted by Crippen LogP contribution is -2.31. The van der Waals surface area contributed by atoms with Crippen LogP contribution < -0.4 is 0 Å². The predicted octanol–water partition coefficient (Wildman–Crippen LogP) is 3.69. The summed E-state index contributed by atoms with van der Waals surface area (Å²) in [7, 11) is 4.32. The normalized spacial score (nSPS) is 18.2. The van der Waals surface area contributed by atoms with Crippen molar-refractivity contribution in [2.75, 3.05) is 27.2 Å². The van der Waals surface area contributed by atoms with Crippen molar-refractivity contribution in [3.05, 3.63) is 59.7 Å². The molecule has 0 aliphatic carbocycles. The van der Waals surface area contributed by atoms with E-state index in [0.717, 1.165) is 36.3 Å². The van der Waals surface area contributed by atoms with E-state index in [-0.39, 0.29) is 5.78 Å². The Kier molecular flexibility index (Phi) is 5.12. The minimum Gasteiger partial charge on any atom is -0.305 e. The molecule has 1 fully saturated rings. The third-order valence-electron chi connectivity index (χ3n) is 4.96. The van der Waals surface area contributed by atoms with Gasteiger partial charge < -0.3 is 4.90 Å². The Labute approximate surface area is 144 Å². The molecule has 0 aromatic heterocycles. The SMILES string of the molecule is CC(=O)c1ccccc1-c1ccc(CN2CCC(N(C)C)C2)cc1. The molecule has 0 spiro atoms. The second-order valence-corrected chi connectivity index (χ2v) is 6.94. The molecule has 1 heterocycles. The first-order valence-corrected chi connectivity index (χ1v) is 8.62. The molecule has 1 aliphatic rings. The molecule has 3 rings (SSSR count). The molecule has 126 valence electrons. The first kappa shape index (κ1) is 16.9. The average molecular weight is 322 g/mol. The van der Waals surface area contributed by atoms with E-state index in [4.69, 9.17) is 0 Å². The van der Waals surface area contributed by atoms with Crippen molar-refractivity contribution < 1.29 is 4.79 Å². The molecule has 3 nitrogen and oxygen atoms in total. The topological polar surface area (TPSA) is 23.6 Å². The van der Waals surface area contributed by atoms with Crippen molar-refractivity contribution in [3.8, 4) is 11.1 Å². The van der Waals surface area contributed by atoms with Gasteiger partial charge in [-0.2, -0.15) is 0 Å². The van der Waals surface area contributed by atoms with Crippen molar-refractivity contribution in [3.63, 3.8) is 0 Å². The minimum atomic E-state index is 0.112. The summed E-state index contributed by atoms with van der Waals surface area (Å²) in [6, 6.07) is 17.2. The molecule has 2 aromatic rings. The van der Waals surface area contributed by atoms with E-state index in [1.807, 2.05) is 24.3 Å². The second kappa shape index (κ2) is 7.29. The first-order chi connectivity index (χ1) is 11.5. The van der Waals surface area contributed by atoms with Crippen molar-refractivity contribution in [2.24, 2.45) is 0 Å². The highest BCUT2D eigenvalue weighted by Crippen LogP contribution is 2.25. The molecular weight excluding hydrogens is 296 g/mol. The summed E-state index contributed by atoms with van der Waals surface area (Å²) in [5, 5.41) is 0. The van der Waals surface area contributed by atoms with Crippen LogP contribution in [0.2, 0.25) is 0 Å². The van der Waals surface area contributed by atoms with Gasteiger partial charge in [-0.05, 0) is 44.1 Å². The number of Topliss-reactive ketones (excluding diaryl/α,β-unsaturated/α-hetero) is 1. The van der Waals surface area contributed by atoms with E-state index in [1.54, 1.807) is 6.92 Å². The smallest absolute Gasteiger partial charge is 0.160 e. The number of likely N-dealkylation sites (tertiary alicyclic amines) is 1. The van der Waals surface area contributed by atoms with Crippen LogP contribution in [0.3, 0.4) is 0 Å². The second-order valence-electron chi connectivity index (χ2n) is 6.94. The van der Waals surface area contributed by atoms with E-state index in [1.165, 1.54) is 12.0 Å². The molecule has 1 unspecified atom stereocenters. The maximum absolute atomic E-state index is 11.8. The number of hydrogen-bond acceptors (Lipinski definition) is 3. The Hall–Kier alpha value is -1.97. The highest BCUT2D eigenvalue weighted by molar-refractivity contribution is 6.00. The fraction of sp³-hybridized carbons (Fsp3) is 0.381. The van der Waals surface area contributed by atoms with E-state index in [2.05, 4.69) is 48.2 Å². The Balaban J connectivity index is 1.72. The van der Waals surface area contributed by atoms with Crippen LogP contribution in [0.5, 0.6) is 0 Å². The maximum atomic E-state index is 11.8. The van der Waals surface area contributed by atoms with E-state index >= 15 is 0 Å². The van der Waals surface area contributed by atoms with Gasteiger partial charge in [0, 0.05) is 31.2 Å². The molecule has 0 saturated carbocycles. The maximum Gasteiger partial charge on any atom is 0.160 e. The summed E-state index contributed by atoms with van der Waals surface area (Å²) < 4.78 is 0. The van der Waals surface area contributed by atoms with Crippen molar-refractivity contribution >= 4 is 5.78 Å². The third-order valence-corrected chi connectivity index (χ3v) is 4.96. The largest absolute Gasteiger partial charge is 0.305 e. The molecule has 24 heavy (non-hydrogen) atoms. The van der Waals surface area contributed by atoms with Gasteiger partial charge in [-0.3, -0.25) is 9.69 Å². The van der Waals surface area contributed by atoms with Gasteiger partial charge in [0.15, 0.2) is 5.78 Å². The van der Waals surface area contributed by atoms with Crippen LogP contribution in [-0.2, 0) is 6.54 Å². The van der Waals surface area contributed by atoms with Gasteiger partial charge in [0.05, 0.1) is 0 Å². The Morgan fingerprint density at radius 1 is 1.12 bits per heavy atom. The van der Waals surface area contributed by atoms with Gasteiger partial charge >= 0.3 is 0 Å². The van der Waals surface area contributed by atoms with Crippen LogP contribution in [0, 0.1) is 0 Å². The number of ketones is 1. The van der Waals surface area contributed by atoms with Crippen LogP contribution in [0.4, 0.5) is 0 Å². The Bertz CT molecular complexity index is 706. The monoisotopic (exact) mass is 322 g/mol. The minimum absolute atomic E-state index is 0.112. The quantitative estimate of drug-likeness (QED) is 0.784. The highest BCUT2D eigenvalue weighted by atomic mass is 16.1. The molecule has 0 radical (unpaired) electrons. The number of hydrogen-bond donors (Lipinski definition) is 0. The van der Waals surface area contributed by atoms with E-state index in [9.17, 15) is 4.79 Å². The zero-order valence-corrected chi connectivity index (χ0v) is 14.8. The van der Waals surface area contributed by atoms with Gasteiger partial charge in [0.2, 0.25) is 0 Å². The molecule has 0 amide bonds. The molecule has 1 atom stereocenters. The zero-order valence-electron chi connectivity index (χ0n) is 14.8. The lowest BCUT2D eigenvalue weighted by Gasteiger charge is -2.20. The van der Waals surface area contributed by atoms with Crippen LogP contribution in [0.25, 0.3) is 11.1 Å². The number of nitrogens with zero attached hydrogens (tertiary/aromatic N) is 2. The van der Waals surface area contributed by atoms with Crippen molar-refractivity contribution in [1.82, 2.24) is 9.80 Å². The first-order valence-electron chi connectivity index (χ1n) is 8.62. The molecule has 0 N–H and O–H groups in total. The molecular formula is C21H26N2O. The molecule has 2 aromatic carbocycles. The average Bonchev–Trinajstić information content (AvgIpc) is 3.04. The number of carbonyl (C=O) groups excluding carboxylic acids is 1. The zero-order chi connectivity index (χ0) is 17.1. The predicted molar refractivity (Wildman–Crippen MR) is 99.3 cm³/mol. The summed E-state index contributed by atoms with van der Waals surface area (Å²) in [6.07, 6.45) is 1.25. The standard InChI is InChI=1S/C21H26N2O/c1-16(24)20-6-4-5-7-21(20)18-10-8-17(9-11-18)14-23-13-12-19(15-23)22(2)3/h4-11,19H,12-15H2,1-3H3. The van der Waals surface area contributed by atoms with Crippen LogP contribution in [-0.4, -0.2) is 48.8 Å². The van der Waals surface area contributed by atoms with Gasteiger partial charge in [-0.15, -0.1) is 0 Å². The summed E-state index contributed by atoms with van der Waals surface area (Å²) in [4.78, 5) is 16.6. The molecule has 1 aliphatic heterocycles. The fourth-order valence-electron chi connectivity index (χ4n) is 3.47. The molecule has 0 bridgehead atoms. The van der Waals surface area contributed by atoms with E-state index in [0.29, 0.717) is 6.04 Å². The summed E-state index contributed by atoms with van der Waals surface area (Å²) >= 11 is 0. The van der Waals surface area contributed by atoms with Gasteiger partial charge in [-0.25, -0.2) is 0 Å². The van der Waals surface area contributed by atoms with Crippen molar-refractivity contribution in [1.29, 1.82) is 0 Å². The summed E-state index contributed by atoms with van der Waals surface area (Å²) in [6.45, 7) is 4.93. The fourth-order valence-corrected chi connectivity index (χ4v) is 3.47. The Morgan fingerprint density at radius 3 is 2.46 bits per heavy atom. The molecule has 3 heteroatoms. The summed E-state index contributed by atoms with van der Waals surface area (Å²) in [5.41, 5.74) is 4.25. The number of carbonyl (C=O) groups is 1. The van der Waals surface area contributed by atoms with Gasteiger partial charge in [-0.1, -0.05) is 48.5 Å².